The van der Waals surface area contributed by atoms with Crippen molar-refractivity contribution in [3.63, 3.8) is 0 Å². The molecule has 0 aromatic heterocycles. The fraction of sp³-hybridized carbons (Fsp3) is 0.571. The zero-order chi connectivity index (χ0) is 14.1. The van der Waals surface area contributed by atoms with Crippen molar-refractivity contribution in [3.8, 4) is 22.9 Å². The molecule has 0 bridgehead atoms. The minimum Gasteiger partial charge on any atom is -0.385 e. The smallest absolute Gasteiger partial charge is 0.129 e. The van der Waals surface area contributed by atoms with Crippen LogP contribution in [0.3, 0.4) is 0 Å². The van der Waals surface area contributed by atoms with Crippen LogP contribution in [0.1, 0.15) is 0 Å². The van der Waals surface area contributed by atoms with Gasteiger partial charge >= 0.3 is 0 Å². The van der Waals surface area contributed by atoms with Crippen LogP contribution < -0.4 is 0 Å². The van der Waals surface area contributed by atoms with Crippen molar-refractivity contribution in [2.45, 2.75) is 51.5 Å². The van der Waals surface area contributed by atoms with E-state index in [0.29, 0.717) is 11.1 Å². The van der Waals surface area contributed by atoms with E-state index in [1.54, 1.807) is 0 Å². The summed E-state index contributed by atoms with van der Waals surface area (Å²) in [5.41, 5.74) is 7.65. The molecule has 1 aliphatic rings. The molecule has 2 N–H and O–H groups in total. The van der Waals surface area contributed by atoms with E-state index in [0.717, 1.165) is 0 Å². The van der Waals surface area contributed by atoms with Gasteiger partial charge in [-0.1, -0.05) is 51.1 Å². The van der Waals surface area contributed by atoms with Gasteiger partial charge in [0.15, 0.2) is 0 Å². The summed E-state index contributed by atoms with van der Waals surface area (Å²) in [6, 6.07) is 0. The third-order valence-electron chi connectivity index (χ3n) is 2.33. The fourth-order valence-corrected chi connectivity index (χ4v) is 2.35. The van der Waals surface area contributed by atoms with Crippen LogP contribution in [0.15, 0.2) is 11.1 Å². The second kappa shape index (κ2) is 5.07. The minimum absolute atomic E-state index is 0.621. The van der Waals surface area contributed by atoms with Gasteiger partial charge in [0.1, 0.15) is 28.4 Å². The minimum atomic E-state index is -1.47. The summed E-state index contributed by atoms with van der Waals surface area (Å²) in [6.07, 6.45) is -1.69. The molecule has 0 amide bonds. The molecule has 0 saturated heterocycles. The summed E-state index contributed by atoms with van der Waals surface area (Å²) in [7, 11) is -2.94. The molecular formula is C14H22O2Si2. The molecule has 0 spiro atoms. The molecule has 0 saturated carbocycles. The maximum atomic E-state index is 9.72. The third-order valence-corrected chi connectivity index (χ3v) is 4.08. The first kappa shape index (κ1) is 15.3. The molecule has 1 rings (SSSR count). The second-order valence-corrected chi connectivity index (χ2v) is 16.2. The predicted octanol–water partition coefficient (Wildman–Crippen LogP) is 1.78. The maximum absolute atomic E-state index is 9.72. The van der Waals surface area contributed by atoms with Crippen LogP contribution in [0.2, 0.25) is 39.3 Å². The number of aliphatic hydroxyl groups is 2. The van der Waals surface area contributed by atoms with E-state index >= 15 is 0 Å². The SMILES string of the molecule is C[Si](C)(C)C#CC1=C(C#C[Si](C)(C)C)[C@H](O)[C@@H]1O. The van der Waals surface area contributed by atoms with Crippen molar-refractivity contribution in [1.29, 1.82) is 0 Å². The zero-order valence-corrected chi connectivity index (χ0v) is 14.0. The Hall–Kier alpha value is -0.786. The molecule has 0 aliphatic heterocycles. The van der Waals surface area contributed by atoms with Crippen molar-refractivity contribution in [1.82, 2.24) is 0 Å². The molecule has 18 heavy (non-hydrogen) atoms. The van der Waals surface area contributed by atoms with E-state index < -0.39 is 28.4 Å². The molecule has 98 valence electrons. The first-order valence-electron chi connectivity index (χ1n) is 6.18. The lowest BCUT2D eigenvalue weighted by Crippen LogP contribution is -2.40. The second-order valence-electron chi connectivity index (χ2n) is 6.72. The van der Waals surface area contributed by atoms with Gasteiger partial charge in [0.25, 0.3) is 0 Å². The summed E-state index contributed by atoms with van der Waals surface area (Å²) >= 11 is 0. The highest BCUT2D eigenvalue weighted by Crippen LogP contribution is 2.28. The number of rotatable bonds is 0. The topological polar surface area (TPSA) is 40.5 Å². The lowest BCUT2D eigenvalue weighted by Gasteiger charge is -2.29. The van der Waals surface area contributed by atoms with E-state index in [4.69, 9.17) is 0 Å². The number of hydrogen-bond acceptors (Lipinski definition) is 2. The average molecular weight is 278 g/mol. The quantitative estimate of drug-likeness (QED) is 0.524. The third kappa shape index (κ3) is 4.15. The van der Waals surface area contributed by atoms with Crippen LogP contribution >= 0.6 is 0 Å². The van der Waals surface area contributed by atoms with E-state index in [1.165, 1.54) is 0 Å². The van der Waals surface area contributed by atoms with Crippen molar-refractivity contribution >= 4 is 16.1 Å². The monoisotopic (exact) mass is 278 g/mol. The highest BCUT2D eigenvalue weighted by atomic mass is 28.3. The zero-order valence-electron chi connectivity index (χ0n) is 12.0. The van der Waals surface area contributed by atoms with Crippen LogP contribution in [-0.2, 0) is 0 Å². The van der Waals surface area contributed by atoms with Gasteiger partial charge in [-0.25, -0.2) is 0 Å². The van der Waals surface area contributed by atoms with Crippen molar-refractivity contribution in [2.75, 3.05) is 0 Å². The van der Waals surface area contributed by atoms with Gasteiger partial charge in [-0.2, -0.15) is 0 Å². The molecule has 0 heterocycles. The Morgan fingerprint density at radius 2 is 1.00 bits per heavy atom. The molecule has 0 unspecified atom stereocenters. The lowest BCUT2D eigenvalue weighted by molar-refractivity contribution is 0.0460. The van der Waals surface area contributed by atoms with Crippen LogP contribution in [0, 0.1) is 22.9 Å². The molecular weight excluding hydrogens is 256 g/mol. The summed E-state index contributed by atoms with van der Waals surface area (Å²) in [5, 5.41) is 19.4. The normalized spacial score (nSPS) is 23.6. The highest BCUT2D eigenvalue weighted by molar-refractivity contribution is 6.84. The van der Waals surface area contributed by atoms with Crippen molar-refractivity contribution in [3.05, 3.63) is 11.1 Å². The van der Waals surface area contributed by atoms with Gasteiger partial charge in [0.2, 0.25) is 0 Å². The Kier molecular flexibility index (Phi) is 4.30. The fourth-order valence-electron chi connectivity index (χ4n) is 1.33. The van der Waals surface area contributed by atoms with E-state index in [1.807, 2.05) is 0 Å². The summed E-state index contributed by atoms with van der Waals surface area (Å²) < 4.78 is 0. The standard InChI is InChI=1S/C14H22O2Si2/c1-17(2,3)9-7-11-12(14(16)13(11)15)8-10-18(4,5)6/h13-16H,1-6H3/t13-,14+. The summed E-state index contributed by atoms with van der Waals surface area (Å²) in [6.45, 7) is 12.9. The maximum Gasteiger partial charge on any atom is 0.129 e. The molecule has 4 heteroatoms. The van der Waals surface area contributed by atoms with E-state index in [-0.39, 0.29) is 0 Å². The van der Waals surface area contributed by atoms with Gasteiger partial charge in [0.05, 0.1) is 0 Å². The Balaban J connectivity index is 3.07. The first-order valence-corrected chi connectivity index (χ1v) is 13.2. The van der Waals surface area contributed by atoms with Gasteiger partial charge in [-0.15, -0.1) is 11.1 Å². The molecule has 0 aromatic carbocycles. The molecule has 1 aliphatic carbocycles. The van der Waals surface area contributed by atoms with Crippen LogP contribution in [0.4, 0.5) is 0 Å². The first-order chi connectivity index (χ1) is 8.01. The number of hydrogen-bond donors (Lipinski definition) is 2. The Morgan fingerprint density at radius 3 is 1.22 bits per heavy atom. The lowest BCUT2D eigenvalue weighted by atomic mass is 9.83. The van der Waals surface area contributed by atoms with Crippen LogP contribution in [-0.4, -0.2) is 38.6 Å². The average Bonchev–Trinajstić information content (AvgIpc) is 2.18. The van der Waals surface area contributed by atoms with E-state index in [2.05, 4.69) is 62.2 Å². The predicted molar refractivity (Wildman–Crippen MR) is 81.3 cm³/mol. The van der Waals surface area contributed by atoms with Gasteiger partial charge in [0, 0.05) is 11.1 Å². The molecule has 0 fully saturated rings. The van der Waals surface area contributed by atoms with Gasteiger partial charge in [-0.05, 0) is 0 Å². The molecule has 2 atom stereocenters. The largest absolute Gasteiger partial charge is 0.385 e. The number of aliphatic hydroxyl groups excluding tert-OH is 2. The van der Waals surface area contributed by atoms with E-state index in [9.17, 15) is 10.2 Å². The van der Waals surface area contributed by atoms with Crippen LogP contribution in [0.25, 0.3) is 0 Å². The van der Waals surface area contributed by atoms with Crippen LogP contribution in [0.5, 0.6) is 0 Å². The van der Waals surface area contributed by atoms with Crippen molar-refractivity contribution in [2.24, 2.45) is 0 Å². The molecule has 2 nitrogen and oxygen atoms in total. The Bertz CT molecular complexity index is 438. The Morgan fingerprint density at radius 1 is 0.722 bits per heavy atom. The summed E-state index contributed by atoms with van der Waals surface area (Å²) in [4.78, 5) is 0. The van der Waals surface area contributed by atoms with Gasteiger partial charge in [-0.3, -0.25) is 0 Å². The Labute approximate surface area is 112 Å². The highest BCUT2D eigenvalue weighted by Gasteiger charge is 2.36. The van der Waals surface area contributed by atoms with Crippen molar-refractivity contribution < 1.29 is 10.2 Å². The van der Waals surface area contributed by atoms with Gasteiger partial charge < -0.3 is 10.2 Å². The molecule has 0 aromatic rings. The summed E-state index contributed by atoms with van der Waals surface area (Å²) in [5.74, 6) is 6.04. The molecule has 0 radical (unpaired) electrons.